The molecular weight excluding hydrogens is 515 g/mol. The Balaban J connectivity index is 1.40. The molecule has 1 aliphatic rings. The number of hydrogen-bond donors (Lipinski definition) is 0. The molecule has 0 N–H and O–H groups in total. The van der Waals surface area contributed by atoms with Crippen LogP contribution in [-0.4, -0.2) is 13.2 Å². The van der Waals surface area contributed by atoms with Crippen molar-refractivity contribution in [2.45, 2.75) is 6.92 Å². The van der Waals surface area contributed by atoms with Crippen molar-refractivity contribution in [3.05, 3.63) is 45.2 Å². The number of thiophene rings is 3. The number of nitriles is 3. The van der Waals surface area contributed by atoms with Gasteiger partial charge in [-0.2, -0.15) is 15.8 Å². The first-order valence-electron chi connectivity index (χ1n) is 10.7. The number of fused-ring (bicyclic) bond motifs is 3. The van der Waals surface area contributed by atoms with Gasteiger partial charge in [-0.1, -0.05) is 0 Å². The Hall–Kier alpha value is -4.27. The van der Waals surface area contributed by atoms with E-state index in [2.05, 4.69) is 6.07 Å². The van der Waals surface area contributed by atoms with Gasteiger partial charge >= 0.3 is 0 Å². The number of hydrogen-bond acceptors (Lipinski definition) is 10. The minimum absolute atomic E-state index is 0.0448. The molecular formula is C26H13N3O4S3. The second-order valence-corrected chi connectivity index (χ2v) is 11.1. The van der Waals surface area contributed by atoms with E-state index in [1.54, 1.807) is 24.3 Å². The van der Waals surface area contributed by atoms with Crippen molar-refractivity contribution in [3.8, 4) is 51.0 Å². The lowest BCUT2D eigenvalue weighted by Crippen LogP contribution is -2.14. The molecule has 0 saturated carbocycles. The first-order valence-corrected chi connectivity index (χ1v) is 13.1. The second kappa shape index (κ2) is 8.75. The normalized spacial score (nSPS) is 12.9. The van der Waals surface area contributed by atoms with E-state index in [1.807, 2.05) is 42.5 Å². The minimum Gasteiger partial charge on any atom is -0.484 e. The Morgan fingerprint density at radius 3 is 1.75 bits per heavy atom. The third-order valence-electron chi connectivity index (χ3n) is 5.36. The number of furan rings is 2. The van der Waals surface area contributed by atoms with Crippen LogP contribution in [0, 0.1) is 34.0 Å². The topological polar surface area (TPSA) is 116 Å². The van der Waals surface area contributed by atoms with Gasteiger partial charge in [-0.05, 0) is 31.2 Å². The van der Waals surface area contributed by atoms with Gasteiger partial charge in [0, 0.05) is 27.5 Å². The van der Waals surface area contributed by atoms with Crippen LogP contribution in [0.15, 0.2) is 44.2 Å². The average Bonchev–Trinajstić information content (AvgIpc) is 3.67. The molecule has 36 heavy (non-hydrogen) atoms. The lowest BCUT2D eigenvalue weighted by molar-refractivity contribution is 0.174. The molecule has 1 aliphatic heterocycles. The fourth-order valence-corrected chi connectivity index (χ4v) is 6.91. The quantitative estimate of drug-likeness (QED) is 0.219. The summed E-state index contributed by atoms with van der Waals surface area (Å²) in [6.07, 6.45) is 3.39. The third kappa shape index (κ3) is 3.77. The average molecular weight is 528 g/mol. The van der Waals surface area contributed by atoms with Crippen LogP contribution in [-0.2, 0) is 0 Å². The van der Waals surface area contributed by atoms with Crippen LogP contribution in [0.4, 0.5) is 0 Å². The van der Waals surface area contributed by atoms with E-state index in [4.69, 9.17) is 34.1 Å². The Kier molecular flexibility index (Phi) is 5.40. The first-order chi connectivity index (χ1) is 17.6. The zero-order chi connectivity index (χ0) is 24.8. The highest BCUT2D eigenvalue weighted by Gasteiger charge is 2.30. The predicted molar refractivity (Wildman–Crippen MR) is 140 cm³/mol. The van der Waals surface area contributed by atoms with E-state index in [9.17, 15) is 0 Å². The van der Waals surface area contributed by atoms with Crippen molar-refractivity contribution in [1.82, 2.24) is 0 Å². The van der Waals surface area contributed by atoms with Crippen LogP contribution in [0.3, 0.4) is 0 Å². The highest BCUT2D eigenvalue weighted by atomic mass is 32.1. The van der Waals surface area contributed by atoms with Gasteiger partial charge in [-0.3, -0.25) is 0 Å². The van der Waals surface area contributed by atoms with Crippen LogP contribution >= 0.6 is 34.0 Å². The van der Waals surface area contributed by atoms with E-state index in [-0.39, 0.29) is 5.57 Å². The largest absolute Gasteiger partial charge is 0.484 e. The molecule has 5 aromatic rings. The van der Waals surface area contributed by atoms with Crippen molar-refractivity contribution in [3.63, 3.8) is 0 Å². The van der Waals surface area contributed by atoms with E-state index < -0.39 is 0 Å². The lowest BCUT2D eigenvalue weighted by atomic mass is 10.2. The fraction of sp³-hybridized carbons (Fsp3) is 0.115. The molecule has 0 bridgehead atoms. The summed E-state index contributed by atoms with van der Waals surface area (Å²) in [6.45, 7) is 2.65. The zero-order valence-corrected chi connectivity index (χ0v) is 21.0. The summed E-state index contributed by atoms with van der Waals surface area (Å²) in [5, 5.41) is 27.0. The Bertz CT molecular complexity index is 1770. The lowest BCUT2D eigenvalue weighted by Gasteiger charge is -2.16. The van der Waals surface area contributed by atoms with Gasteiger partial charge in [-0.25, -0.2) is 0 Å². The fourth-order valence-electron chi connectivity index (χ4n) is 3.83. The molecule has 0 radical (unpaired) electrons. The van der Waals surface area contributed by atoms with Gasteiger partial charge in [0.2, 0.25) is 0 Å². The highest BCUT2D eigenvalue weighted by molar-refractivity contribution is 7.21. The van der Waals surface area contributed by atoms with Crippen LogP contribution in [0.25, 0.3) is 54.0 Å². The maximum absolute atomic E-state index is 9.03. The van der Waals surface area contributed by atoms with Crippen LogP contribution in [0.5, 0.6) is 11.5 Å². The number of allylic oxidation sites excluding steroid dienone is 2. The molecule has 0 aliphatic carbocycles. The second-order valence-electron chi connectivity index (χ2n) is 7.81. The molecule has 0 saturated heterocycles. The van der Waals surface area contributed by atoms with Crippen molar-refractivity contribution in [2.75, 3.05) is 13.2 Å². The molecule has 0 amide bonds. The monoisotopic (exact) mass is 527 g/mol. The van der Waals surface area contributed by atoms with Crippen molar-refractivity contribution < 1.29 is 18.3 Å². The summed E-state index contributed by atoms with van der Waals surface area (Å²) in [4.78, 5) is 3.37. The predicted octanol–water partition coefficient (Wildman–Crippen LogP) is 7.83. The van der Waals surface area contributed by atoms with Crippen LogP contribution in [0.2, 0.25) is 0 Å². The Labute approximate surface area is 216 Å². The SMILES string of the molecule is C/C(C#N)=C/c1cc2oc(-c3sc(-c4cc5sc(C=C(C#N)C#N)cc5o4)c4c3OCCO4)cc2s1. The summed E-state index contributed by atoms with van der Waals surface area (Å²) in [6, 6.07) is 13.5. The van der Waals surface area contributed by atoms with Gasteiger partial charge in [0.15, 0.2) is 11.5 Å². The number of ether oxygens (including phenoxy) is 2. The summed E-state index contributed by atoms with van der Waals surface area (Å²) >= 11 is 4.48. The van der Waals surface area contributed by atoms with E-state index in [0.29, 0.717) is 47.4 Å². The smallest absolute Gasteiger partial charge is 0.183 e. The maximum Gasteiger partial charge on any atom is 0.183 e. The molecule has 7 nitrogen and oxygen atoms in total. The first kappa shape index (κ1) is 22.2. The van der Waals surface area contributed by atoms with Crippen molar-refractivity contribution in [2.24, 2.45) is 0 Å². The standard InChI is InChI=1S/C26H13N3O4S3/c1-13(10-27)4-15-6-17-21(34-15)8-19(32-17)25-23-24(31-3-2-30-23)26(36-25)20-9-22-18(33-20)7-16(35-22)5-14(11-28)12-29/h4-9H,2-3H2,1H3/b13-4-. The molecule has 0 unspecified atom stereocenters. The van der Waals surface area contributed by atoms with Crippen molar-refractivity contribution in [1.29, 1.82) is 15.8 Å². The molecule has 10 heteroatoms. The van der Waals surface area contributed by atoms with Crippen molar-refractivity contribution >= 4 is 66.7 Å². The molecule has 0 aromatic carbocycles. The van der Waals surface area contributed by atoms with E-state index in [0.717, 1.165) is 34.5 Å². The van der Waals surface area contributed by atoms with E-state index in [1.165, 1.54) is 22.7 Å². The van der Waals surface area contributed by atoms with Gasteiger partial charge in [0.25, 0.3) is 0 Å². The summed E-state index contributed by atoms with van der Waals surface area (Å²) in [5.41, 5.74) is 2.10. The summed E-state index contributed by atoms with van der Waals surface area (Å²) in [5.74, 6) is 2.60. The Morgan fingerprint density at radius 1 is 0.750 bits per heavy atom. The van der Waals surface area contributed by atoms with Gasteiger partial charge in [-0.15, -0.1) is 34.0 Å². The van der Waals surface area contributed by atoms with Gasteiger partial charge in [0.05, 0.1) is 15.5 Å². The summed E-state index contributed by atoms with van der Waals surface area (Å²) < 4.78 is 26.2. The van der Waals surface area contributed by atoms with Crippen LogP contribution in [0.1, 0.15) is 16.7 Å². The van der Waals surface area contributed by atoms with E-state index >= 15 is 0 Å². The molecule has 0 atom stereocenters. The van der Waals surface area contributed by atoms with Gasteiger partial charge in [0.1, 0.15) is 63.4 Å². The minimum atomic E-state index is 0.0448. The molecule has 0 fully saturated rings. The number of nitrogens with zero attached hydrogens (tertiary/aromatic N) is 3. The van der Waals surface area contributed by atoms with Gasteiger partial charge < -0.3 is 18.3 Å². The van der Waals surface area contributed by atoms with Crippen LogP contribution < -0.4 is 9.47 Å². The number of rotatable bonds is 4. The molecule has 0 spiro atoms. The Morgan fingerprint density at radius 2 is 1.28 bits per heavy atom. The highest BCUT2D eigenvalue weighted by Crippen LogP contribution is 2.55. The maximum atomic E-state index is 9.03. The third-order valence-corrected chi connectivity index (χ3v) is 8.56. The molecule has 174 valence electrons. The molecule has 6 rings (SSSR count). The zero-order valence-electron chi connectivity index (χ0n) is 18.6. The molecule has 6 heterocycles. The molecule has 5 aromatic heterocycles. The summed E-state index contributed by atoms with van der Waals surface area (Å²) in [7, 11) is 0.